The van der Waals surface area contributed by atoms with Crippen molar-refractivity contribution in [1.82, 2.24) is 10.3 Å². The number of pyridine rings is 1. The molecule has 0 aliphatic carbocycles. The first-order valence-electron chi connectivity index (χ1n) is 10.7. The minimum Gasteiger partial charge on any atom is -0.488 e. The van der Waals surface area contributed by atoms with Gasteiger partial charge in [-0.05, 0) is 54.1 Å². The van der Waals surface area contributed by atoms with Crippen molar-refractivity contribution in [1.29, 1.82) is 0 Å². The number of nitrogens with one attached hydrogen (secondary N) is 2. The molecule has 186 valence electrons. The number of nitrogens with two attached hydrogens (primary N) is 1. The lowest BCUT2D eigenvalue weighted by Gasteiger charge is -2.19. The number of alkyl halides is 3. The van der Waals surface area contributed by atoms with Crippen LogP contribution in [0.25, 0.3) is 6.08 Å². The molecule has 0 radical (unpaired) electrons. The summed E-state index contributed by atoms with van der Waals surface area (Å²) < 4.78 is 51.0. The Balaban J connectivity index is 1.54. The number of carbonyl (C=O) groups excluding carboxylic acids is 2. The van der Waals surface area contributed by atoms with Crippen molar-refractivity contribution in [2.75, 3.05) is 19.0 Å². The van der Waals surface area contributed by atoms with Crippen molar-refractivity contribution in [3.8, 4) is 17.2 Å². The molecule has 1 aliphatic rings. The van der Waals surface area contributed by atoms with E-state index in [2.05, 4.69) is 15.6 Å². The topological polar surface area (TPSA) is 116 Å². The zero-order chi connectivity index (χ0) is 25.9. The summed E-state index contributed by atoms with van der Waals surface area (Å²) in [6, 6.07) is 11.2. The van der Waals surface area contributed by atoms with Gasteiger partial charge in [-0.15, -0.1) is 0 Å². The van der Waals surface area contributed by atoms with Crippen LogP contribution in [0, 0.1) is 0 Å². The summed E-state index contributed by atoms with van der Waals surface area (Å²) in [7, 11) is 1.49. The molecular formula is C25H21F3N4O4. The summed E-state index contributed by atoms with van der Waals surface area (Å²) >= 11 is 0. The van der Waals surface area contributed by atoms with E-state index in [-0.39, 0.29) is 41.6 Å². The highest BCUT2D eigenvalue weighted by atomic mass is 19.4. The van der Waals surface area contributed by atoms with Crippen LogP contribution in [0.1, 0.15) is 27.2 Å². The Bertz CT molecular complexity index is 1360. The Kier molecular flexibility index (Phi) is 6.93. The third-order valence-corrected chi connectivity index (χ3v) is 5.23. The van der Waals surface area contributed by atoms with E-state index < -0.39 is 17.6 Å². The van der Waals surface area contributed by atoms with Gasteiger partial charge in [-0.3, -0.25) is 14.6 Å². The lowest BCUT2D eigenvalue weighted by molar-refractivity contribution is -0.137. The van der Waals surface area contributed by atoms with Crippen molar-refractivity contribution in [2.24, 2.45) is 5.73 Å². The number of benzene rings is 2. The molecule has 2 aromatic carbocycles. The summed E-state index contributed by atoms with van der Waals surface area (Å²) in [4.78, 5) is 28.6. The van der Waals surface area contributed by atoms with Gasteiger partial charge < -0.3 is 25.8 Å². The van der Waals surface area contributed by atoms with Crippen LogP contribution in [-0.4, -0.2) is 30.5 Å². The normalized spacial score (nSPS) is 12.6. The largest absolute Gasteiger partial charge is 0.488 e. The highest BCUT2D eigenvalue weighted by molar-refractivity contribution is 6.07. The van der Waals surface area contributed by atoms with Gasteiger partial charge in [-0.2, -0.15) is 13.2 Å². The molecule has 0 atom stereocenters. The van der Waals surface area contributed by atoms with Crippen LogP contribution >= 0.6 is 0 Å². The molecule has 0 spiro atoms. The average Bonchev–Trinajstić information content (AvgIpc) is 2.87. The van der Waals surface area contributed by atoms with Crippen LogP contribution in [0.3, 0.4) is 0 Å². The maximum Gasteiger partial charge on any atom is 0.416 e. The molecule has 0 saturated heterocycles. The summed E-state index contributed by atoms with van der Waals surface area (Å²) in [5.74, 6) is 0.317. The molecule has 1 aliphatic heterocycles. The molecule has 1 aromatic heterocycles. The standard InChI is InChI=1S/C25H21F3N4O4/c1-30-24(34)21-11-20(4-5-31-21)36-19-2-3-22-15(9-19)8-16(13-35-22)23(33)32-18-7-14(12-29)6-17(10-18)25(26,27)28/h2-11H,12-13,29H2,1H3,(H,30,34)(H,32,33). The van der Waals surface area contributed by atoms with Crippen LogP contribution < -0.4 is 25.8 Å². The lowest BCUT2D eigenvalue weighted by Crippen LogP contribution is -2.21. The summed E-state index contributed by atoms with van der Waals surface area (Å²) in [5.41, 5.74) is 5.74. The zero-order valence-corrected chi connectivity index (χ0v) is 19.0. The zero-order valence-electron chi connectivity index (χ0n) is 19.0. The number of anilines is 1. The van der Waals surface area contributed by atoms with Crippen LogP contribution in [0.4, 0.5) is 18.9 Å². The fraction of sp³-hybridized carbons (Fsp3) is 0.160. The van der Waals surface area contributed by atoms with Gasteiger partial charge in [-0.1, -0.05) is 0 Å². The highest BCUT2D eigenvalue weighted by Crippen LogP contribution is 2.34. The van der Waals surface area contributed by atoms with Gasteiger partial charge in [0.05, 0.1) is 11.1 Å². The number of halogens is 3. The fourth-order valence-electron chi connectivity index (χ4n) is 3.47. The van der Waals surface area contributed by atoms with Crippen molar-refractivity contribution >= 4 is 23.6 Å². The van der Waals surface area contributed by atoms with Gasteiger partial charge in [0.1, 0.15) is 29.5 Å². The Morgan fingerprint density at radius 3 is 2.58 bits per heavy atom. The molecule has 0 saturated carbocycles. The number of fused-ring (bicyclic) bond motifs is 1. The number of ether oxygens (including phenoxy) is 2. The molecule has 0 bridgehead atoms. The van der Waals surface area contributed by atoms with Crippen molar-refractivity contribution in [3.63, 3.8) is 0 Å². The molecule has 36 heavy (non-hydrogen) atoms. The third kappa shape index (κ3) is 5.63. The summed E-state index contributed by atoms with van der Waals surface area (Å²) in [6.07, 6.45) is -1.57. The first kappa shape index (κ1) is 24.7. The minimum absolute atomic E-state index is 0.0244. The number of hydrogen-bond acceptors (Lipinski definition) is 6. The highest BCUT2D eigenvalue weighted by Gasteiger charge is 2.31. The first-order valence-corrected chi connectivity index (χ1v) is 10.7. The number of carbonyl (C=O) groups is 2. The maximum atomic E-state index is 13.2. The van der Waals surface area contributed by atoms with Gasteiger partial charge in [0.2, 0.25) is 0 Å². The maximum absolute atomic E-state index is 13.2. The predicted molar refractivity (Wildman–Crippen MR) is 126 cm³/mol. The monoisotopic (exact) mass is 498 g/mol. The van der Waals surface area contributed by atoms with E-state index in [1.165, 1.54) is 25.4 Å². The Hall–Kier alpha value is -4.38. The molecule has 2 heterocycles. The second kappa shape index (κ2) is 10.1. The SMILES string of the molecule is CNC(=O)c1cc(Oc2ccc3c(c2)C=C(C(=O)Nc2cc(CN)cc(C(F)(F)F)c2)CO3)ccn1. The summed E-state index contributed by atoms with van der Waals surface area (Å²) in [6.45, 7) is -0.182. The molecule has 4 N–H and O–H groups in total. The van der Waals surface area contributed by atoms with Crippen molar-refractivity contribution < 1.29 is 32.2 Å². The van der Waals surface area contributed by atoms with E-state index in [9.17, 15) is 22.8 Å². The van der Waals surface area contributed by atoms with Crippen molar-refractivity contribution in [2.45, 2.75) is 12.7 Å². The van der Waals surface area contributed by atoms with Crippen LogP contribution in [0.2, 0.25) is 0 Å². The van der Waals surface area contributed by atoms with E-state index in [4.69, 9.17) is 15.2 Å². The number of amides is 2. The van der Waals surface area contributed by atoms with Gasteiger partial charge in [0.25, 0.3) is 11.8 Å². The fourth-order valence-corrected chi connectivity index (χ4v) is 3.47. The molecule has 8 nitrogen and oxygen atoms in total. The smallest absolute Gasteiger partial charge is 0.416 e. The third-order valence-electron chi connectivity index (χ3n) is 5.23. The molecule has 4 rings (SSSR count). The second-order valence-electron chi connectivity index (χ2n) is 7.79. The Morgan fingerprint density at radius 2 is 1.86 bits per heavy atom. The van der Waals surface area contributed by atoms with Gasteiger partial charge >= 0.3 is 6.18 Å². The molecule has 11 heteroatoms. The van der Waals surface area contributed by atoms with Gasteiger partial charge in [0.15, 0.2) is 0 Å². The lowest BCUT2D eigenvalue weighted by atomic mass is 10.1. The number of rotatable bonds is 6. The number of hydrogen-bond donors (Lipinski definition) is 3. The van der Waals surface area contributed by atoms with E-state index >= 15 is 0 Å². The van der Waals surface area contributed by atoms with Gasteiger partial charge in [0, 0.05) is 37.1 Å². The first-order chi connectivity index (χ1) is 17.2. The Morgan fingerprint density at radius 1 is 1.08 bits per heavy atom. The average molecular weight is 498 g/mol. The van der Waals surface area contributed by atoms with Gasteiger partial charge in [-0.25, -0.2) is 0 Å². The van der Waals surface area contributed by atoms with Crippen LogP contribution in [0.5, 0.6) is 17.2 Å². The van der Waals surface area contributed by atoms with Crippen LogP contribution in [0.15, 0.2) is 60.3 Å². The summed E-state index contributed by atoms with van der Waals surface area (Å²) in [5, 5.41) is 4.97. The molecule has 2 amide bonds. The quantitative estimate of drug-likeness (QED) is 0.471. The van der Waals surface area contributed by atoms with Crippen molar-refractivity contribution in [3.05, 3.63) is 82.7 Å². The number of aromatic nitrogens is 1. The minimum atomic E-state index is -4.58. The molecule has 3 aromatic rings. The van der Waals surface area contributed by atoms with E-state index in [0.29, 0.717) is 22.8 Å². The second-order valence-corrected chi connectivity index (χ2v) is 7.79. The predicted octanol–water partition coefficient (Wildman–Crippen LogP) is 4.13. The van der Waals surface area contributed by atoms with E-state index in [1.54, 1.807) is 30.3 Å². The molecule has 0 unspecified atom stereocenters. The van der Waals surface area contributed by atoms with E-state index in [0.717, 1.165) is 12.1 Å². The Labute approximate surface area is 203 Å². The molecular weight excluding hydrogens is 477 g/mol. The van der Waals surface area contributed by atoms with Crippen LogP contribution in [-0.2, 0) is 17.5 Å². The number of nitrogens with zero attached hydrogens (tertiary/aromatic N) is 1. The molecule has 0 fully saturated rings. The van der Waals surface area contributed by atoms with E-state index in [1.807, 2.05) is 0 Å².